The van der Waals surface area contributed by atoms with Crippen LogP contribution in [0.3, 0.4) is 0 Å². The van der Waals surface area contributed by atoms with Crippen LogP contribution >= 0.6 is 0 Å². The topological polar surface area (TPSA) is 55.8 Å². The van der Waals surface area contributed by atoms with Gasteiger partial charge in [-0.3, -0.25) is 0 Å². The lowest BCUT2D eigenvalue weighted by molar-refractivity contribution is -0.145. The fourth-order valence-corrected chi connectivity index (χ4v) is 2.42. The molecule has 116 valence electrons. The molecule has 0 aliphatic rings. The Morgan fingerprint density at radius 3 is 2.36 bits per heavy atom. The Balaban J connectivity index is 2.21. The third-order valence-electron chi connectivity index (χ3n) is 3.35. The summed E-state index contributed by atoms with van der Waals surface area (Å²) in [5, 5.41) is 9.43. The Labute approximate surface area is 130 Å². The van der Waals surface area contributed by atoms with Crippen molar-refractivity contribution in [2.45, 2.75) is 26.4 Å². The second kappa shape index (κ2) is 6.98. The van der Waals surface area contributed by atoms with Gasteiger partial charge in [0.2, 0.25) is 0 Å². The molecular weight excluding hydrogens is 280 g/mol. The highest BCUT2D eigenvalue weighted by atomic mass is 16.5. The maximum Gasteiger partial charge on any atom is 0.345 e. The fraction of sp³-hybridized carbons (Fsp3) is 0.278. The number of carboxylic acids is 1. The van der Waals surface area contributed by atoms with Gasteiger partial charge in [0, 0.05) is 6.42 Å². The smallest absolute Gasteiger partial charge is 0.345 e. The maximum atomic E-state index is 11.5. The number of methoxy groups -OCH3 is 1. The zero-order chi connectivity index (χ0) is 16.1. The highest BCUT2D eigenvalue weighted by Crippen LogP contribution is 2.23. The summed E-state index contributed by atoms with van der Waals surface area (Å²) >= 11 is 0. The van der Waals surface area contributed by atoms with Crippen molar-refractivity contribution in [1.29, 1.82) is 0 Å². The Kier molecular flexibility index (Phi) is 5.04. The van der Waals surface area contributed by atoms with E-state index < -0.39 is 12.1 Å². The molecule has 4 heteroatoms. The Morgan fingerprint density at radius 1 is 1.14 bits per heavy atom. The molecule has 0 radical (unpaired) electrons. The summed E-state index contributed by atoms with van der Waals surface area (Å²) in [4.78, 5) is 11.5. The fourth-order valence-electron chi connectivity index (χ4n) is 2.42. The van der Waals surface area contributed by atoms with E-state index in [0.29, 0.717) is 11.5 Å². The summed E-state index contributed by atoms with van der Waals surface area (Å²) in [6, 6.07) is 13.1. The van der Waals surface area contributed by atoms with E-state index in [4.69, 9.17) is 9.47 Å². The molecule has 0 fully saturated rings. The van der Waals surface area contributed by atoms with Gasteiger partial charge in [0.1, 0.15) is 11.5 Å². The van der Waals surface area contributed by atoms with Crippen molar-refractivity contribution in [1.82, 2.24) is 0 Å². The summed E-state index contributed by atoms with van der Waals surface area (Å²) in [6.07, 6.45) is -0.718. The number of benzene rings is 2. The first kappa shape index (κ1) is 15.9. The van der Waals surface area contributed by atoms with E-state index in [1.807, 2.05) is 56.3 Å². The van der Waals surface area contributed by atoms with Crippen LogP contribution in [0.15, 0.2) is 42.5 Å². The molecule has 0 saturated carbocycles. The van der Waals surface area contributed by atoms with Crippen LogP contribution in [0.25, 0.3) is 0 Å². The first-order valence-corrected chi connectivity index (χ1v) is 7.09. The molecular formula is C18H20O4. The number of hydrogen-bond acceptors (Lipinski definition) is 3. The molecule has 0 bridgehead atoms. The summed E-state index contributed by atoms with van der Waals surface area (Å²) in [6.45, 7) is 3.91. The predicted molar refractivity (Wildman–Crippen MR) is 84.7 cm³/mol. The number of carbonyl (C=O) groups is 1. The predicted octanol–water partition coefficient (Wildman–Crippen LogP) is 3.39. The molecule has 1 N–H and O–H groups in total. The largest absolute Gasteiger partial charge is 0.496 e. The Bertz CT molecular complexity index is 644. The Morgan fingerprint density at radius 2 is 1.77 bits per heavy atom. The normalized spacial score (nSPS) is 11.8. The van der Waals surface area contributed by atoms with Crippen LogP contribution < -0.4 is 9.47 Å². The van der Waals surface area contributed by atoms with Crippen molar-refractivity contribution in [3.05, 3.63) is 59.2 Å². The minimum atomic E-state index is -0.995. The van der Waals surface area contributed by atoms with Crippen LogP contribution in [0.2, 0.25) is 0 Å². The zero-order valence-electron chi connectivity index (χ0n) is 13.0. The molecule has 4 nitrogen and oxygen atoms in total. The molecule has 0 aliphatic carbocycles. The summed E-state index contributed by atoms with van der Waals surface area (Å²) in [5.74, 6) is 0.239. The molecule has 0 amide bonds. The average Bonchev–Trinajstić information content (AvgIpc) is 2.46. The highest BCUT2D eigenvalue weighted by Gasteiger charge is 2.22. The van der Waals surface area contributed by atoms with Crippen molar-refractivity contribution in [2.24, 2.45) is 0 Å². The van der Waals surface area contributed by atoms with E-state index in [9.17, 15) is 9.90 Å². The van der Waals surface area contributed by atoms with Gasteiger partial charge in [-0.2, -0.15) is 0 Å². The van der Waals surface area contributed by atoms with Crippen molar-refractivity contribution in [2.75, 3.05) is 7.11 Å². The molecule has 0 unspecified atom stereocenters. The molecule has 2 aromatic carbocycles. The van der Waals surface area contributed by atoms with E-state index in [-0.39, 0.29) is 6.42 Å². The number of aliphatic carboxylic acids is 1. The van der Waals surface area contributed by atoms with Gasteiger partial charge >= 0.3 is 5.97 Å². The van der Waals surface area contributed by atoms with Crippen molar-refractivity contribution in [3.63, 3.8) is 0 Å². The summed E-state index contributed by atoms with van der Waals surface area (Å²) in [7, 11) is 1.57. The minimum Gasteiger partial charge on any atom is -0.496 e. The molecule has 0 aromatic heterocycles. The number of para-hydroxylation sites is 1. The first-order valence-electron chi connectivity index (χ1n) is 7.09. The van der Waals surface area contributed by atoms with Gasteiger partial charge in [0.25, 0.3) is 0 Å². The van der Waals surface area contributed by atoms with Crippen LogP contribution in [-0.2, 0) is 11.2 Å². The number of rotatable bonds is 6. The highest BCUT2D eigenvalue weighted by molar-refractivity contribution is 5.73. The molecule has 2 aromatic rings. The van der Waals surface area contributed by atoms with E-state index in [1.54, 1.807) is 7.11 Å². The standard InChI is InChI=1S/C18H20O4/c1-12-8-13(2)10-15(9-12)22-17(18(19)20)11-14-6-4-5-7-16(14)21-3/h4-10,17H,11H2,1-3H3,(H,19,20)/t17-/m0/s1. The number of aryl methyl sites for hydroxylation is 2. The molecule has 0 saturated heterocycles. The quantitative estimate of drug-likeness (QED) is 0.888. The van der Waals surface area contributed by atoms with Crippen molar-refractivity contribution >= 4 is 5.97 Å². The van der Waals surface area contributed by atoms with E-state index in [1.165, 1.54) is 0 Å². The molecule has 0 heterocycles. The molecule has 2 rings (SSSR count). The van der Waals surface area contributed by atoms with E-state index in [0.717, 1.165) is 16.7 Å². The molecule has 0 aliphatic heterocycles. The lowest BCUT2D eigenvalue weighted by Crippen LogP contribution is -2.29. The van der Waals surface area contributed by atoms with Gasteiger partial charge in [0.15, 0.2) is 6.10 Å². The van der Waals surface area contributed by atoms with Gasteiger partial charge in [-0.1, -0.05) is 24.3 Å². The second-order valence-corrected chi connectivity index (χ2v) is 5.28. The lowest BCUT2D eigenvalue weighted by Gasteiger charge is -2.17. The molecule has 22 heavy (non-hydrogen) atoms. The van der Waals surface area contributed by atoms with E-state index in [2.05, 4.69) is 0 Å². The SMILES string of the molecule is COc1ccccc1C[C@H](Oc1cc(C)cc(C)c1)C(=O)O. The van der Waals surface area contributed by atoms with Crippen LogP contribution in [0.5, 0.6) is 11.5 Å². The number of carboxylic acid groups (broad SMARTS) is 1. The van der Waals surface area contributed by atoms with Gasteiger partial charge < -0.3 is 14.6 Å². The van der Waals surface area contributed by atoms with Crippen LogP contribution in [0.1, 0.15) is 16.7 Å². The van der Waals surface area contributed by atoms with Crippen molar-refractivity contribution in [3.8, 4) is 11.5 Å². The lowest BCUT2D eigenvalue weighted by atomic mass is 10.1. The van der Waals surface area contributed by atoms with Gasteiger partial charge in [-0.25, -0.2) is 4.79 Å². The summed E-state index contributed by atoms with van der Waals surface area (Å²) < 4.78 is 11.0. The first-order chi connectivity index (χ1) is 10.5. The molecule has 1 atom stereocenters. The van der Waals surface area contributed by atoms with Gasteiger partial charge in [-0.05, 0) is 48.7 Å². The maximum absolute atomic E-state index is 11.5. The zero-order valence-corrected chi connectivity index (χ0v) is 13.0. The summed E-state index contributed by atoms with van der Waals surface area (Å²) in [5.41, 5.74) is 2.88. The molecule has 0 spiro atoms. The second-order valence-electron chi connectivity index (χ2n) is 5.28. The average molecular weight is 300 g/mol. The van der Waals surface area contributed by atoms with Crippen LogP contribution in [0.4, 0.5) is 0 Å². The Hall–Kier alpha value is -2.49. The van der Waals surface area contributed by atoms with Gasteiger partial charge in [0.05, 0.1) is 7.11 Å². The van der Waals surface area contributed by atoms with Crippen LogP contribution in [0, 0.1) is 13.8 Å². The third kappa shape index (κ3) is 4.01. The number of ether oxygens (including phenoxy) is 2. The minimum absolute atomic E-state index is 0.242. The van der Waals surface area contributed by atoms with E-state index >= 15 is 0 Å². The van der Waals surface area contributed by atoms with Crippen molar-refractivity contribution < 1.29 is 19.4 Å². The number of hydrogen-bond donors (Lipinski definition) is 1. The monoisotopic (exact) mass is 300 g/mol. The third-order valence-corrected chi connectivity index (χ3v) is 3.35. The van der Waals surface area contributed by atoms with Crippen LogP contribution in [-0.4, -0.2) is 24.3 Å². The van der Waals surface area contributed by atoms with Gasteiger partial charge in [-0.15, -0.1) is 0 Å².